The molecule has 0 spiro atoms. The highest BCUT2D eigenvalue weighted by Crippen LogP contribution is 2.35. The van der Waals surface area contributed by atoms with E-state index in [0.29, 0.717) is 23.4 Å². The number of hydrogen-bond acceptors (Lipinski definition) is 7. The highest BCUT2D eigenvalue weighted by atomic mass is 79.9. The number of aromatic nitrogens is 2. The number of nitrogens with zero attached hydrogens (tertiary/aromatic N) is 4. The third-order valence-corrected chi connectivity index (χ3v) is 4.88. The smallest absolute Gasteiger partial charge is 0.312 e. The predicted molar refractivity (Wildman–Crippen MR) is 91.7 cm³/mol. The Morgan fingerprint density at radius 1 is 1.50 bits per heavy atom. The fourth-order valence-electron chi connectivity index (χ4n) is 1.84. The van der Waals surface area contributed by atoms with E-state index < -0.39 is 4.92 Å². The van der Waals surface area contributed by atoms with Gasteiger partial charge in [0.15, 0.2) is 3.92 Å². The lowest BCUT2D eigenvalue weighted by Gasteiger charge is -2.21. The van der Waals surface area contributed by atoms with Crippen molar-refractivity contribution in [1.82, 2.24) is 9.97 Å². The Morgan fingerprint density at radius 3 is 2.73 bits per heavy atom. The highest BCUT2D eigenvalue weighted by molar-refractivity contribution is 9.11. The van der Waals surface area contributed by atoms with Crippen molar-refractivity contribution in [3.05, 3.63) is 35.6 Å². The summed E-state index contributed by atoms with van der Waals surface area (Å²) >= 11 is 8.01. The molecular weight excluding hydrogens is 440 g/mol. The number of nitro groups is 1. The minimum Gasteiger partial charge on any atom is -0.480 e. The van der Waals surface area contributed by atoms with Gasteiger partial charge in [-0.3, -0.25) is 10.1 Å². The van der Waals surface area contributed by atoms with Gasteiger partial charge in [0.05, 0.1) is 23.1 Å². The van der Waals surface area contributed by atoms with Gasteiger partial charge in [-0.2, -0.15) is 4.98 Å². The molecule has 0 unspecified atom stereocenters. The maximum absolute atomic E-state index is 11.3. The Hall–Kier alpha value is -1.26. The third-order valence-electron chi connectivity index (χ3n) is 2.85. The first-order chi connectivity index (χ1) is 10.5. The molecule has 0 saturated carbocycles. The second-order valence-electron chi connectivity index (χ2n) is 4.17. The lowest BCUT2D eigenvalue weighted by atomic mass is 10.3. The largest absolute Gasteiger partial charge is 0.480 e. The molecule has 0 aliphatic rings. The van der Waals surface area contributed by atoms with Gasteiger partial charge in [-0.05, 0) is 38.8 Å². The summed E-state index contributed by atoms with van der Waals surface area (Å²) in [6.07, 6.45) is 1.74. The van der Waals surface area contributed by atoms with Crippen LogP contribution in [0, 0.1) is 10.1 Å². The van der Waals surface area contributed by atoms with Gasteiger partial charge in [0.25, 0.3) is 0 Å². The molecule has 0 N–H and O–H groups in total. The summed E-state index contributed by atoms with van der Waals surface area (Å²) in [6, 6.07) is 1.41. The Labute approximate surface area is 147 Å². The molecule has 0 aliphatic carbocycles. The van der Waals surface area contributed by atoms with Crippen molar-refractivity contribution in [2.45, 2.75) is 13.5 Å². The summed E-state index contributed by atoms with van der Waals surface area (Å²) in [5, 5.41) is 11.3. The van der Waals surface area contributed by atoms with E-state index in [2.05, 4.69) is 41.8 Å². The number of rotatable bonds is 6. The van der Waals surface area contributed by atoms with Crippen LogP contribution in [0.3, 0.4) is 0 Å². The zero-order valence-electron chi connectivity index (χ0n) is 11.7. The van der Waals surface area contributed by atoms with Crippen LogP contribution in [-0.4, -0.2) is 28.5 Å². The molecule has 0 radical (unpaired) electrons. The van der Waals surface area contributed by atoms with E-state index in [0.717, 1.165) is 8.79 Å². The van der Waals surface area contributed by atoms with Crippen LogP contribution in [0.2, 0.25) is 0 Å². The summed E-state index contributed by atoms with van der Waals surface area (Å²) in [5.41, 5.74) is -0.0712. The van der Waals surface area contributed by atoms with Crippen molar-refractivity contribution in [2.75, 3.05) is 18.6 Å². The van der Waals surface area contributed by atoms with Crippen LogP contribution in [0.4, 0.5) is 11.5 Å². The van der Waals surface area contributed by atoms with Crippen LogP contribution in [0.15, 0.2) is 20.7 Å². The number of pyridine rings is 1. The first-order valence-electron chi connectivity index (χ1n) is 6.20. The molecule has 2 heterocycles. The molecule has 7 nitrogen and oxygen atoms in total. The van der Waals surface area contributed by atoms with Gasteiger partial charge in [0.2, 0.25) is 11.7 Å². The molecule has 10 heteroatoms. The zero-order chi connectivity index (χ0) is 16.3. The summed E-state index contributed by atoms with van der Waals surface area (Å²) < 4.78 is 6.36. The normalized spacial score (nSPS) is 10.5. The number of hydrogen-bond donors (Lipinski definition) is 0. The summed E-state index contributed by atoms with van der Waals surface area (Å²) in [5.74, 6) is 0.585. The van der Waals surface area contributed by atoms with Gasteiger partial charge in [-0.1, -0.05) is 0 Å². The zero-order valence-corrected chi connectivity index (χ0v) is 15.7. The van der Waals surface area contributed by atoms with Crippen molar-refractivity contribution >= 4 is 54.7 Å². The van der Waals surface area contributed by atoms with Crippen LogP contribution in [0.25, 0.3) is 0 Å². The average molecular weight is 452 g/mol. The molecule has 0 aromatic carbocycles. The Morgan fingerprint density at radius 2 is 2.23 bits per heavy atom. The van der Waals surface area contributed by atoms with Gasteiger partial charge in [0.1, 0.15) is 0 Å². The number of anilines is 1. The van der Waals surface area contributed by atoms with E-state index in [-0.39, 0.29) is 11.5 Å². The Balaban J connectivity index is 2.44. The highest BCUT2D eigenvalue weighted by Gasteiger charge is 2.24. The maximum Gasteiger partial charge on any atom is 0.312 e. The fraction of sp³-hybridized carbons (Fsp3) is 0.333. The van der Waals surface area contributed by atoms with Gasteiger partial charge >= 0.3 is 5.69 Å². The van der Waals surface area contributed by atoms with E-state index in [1.54, 1.807) is 6.20 Å². The topological polar surface area (TPSA) is 81.4 Å². The first-order valence-corrected chi connectivity index (χ1v) is 8.60. The molecule has 0 amide bonds. The van der Waals surface area contributed by atoms with E-state index in [1.807, 2.05) is 11.8 Å². The van der Waals surface area contributed by atoms with Gasteiger partial charge < -0.3 is 9.64 Å². The molecule has 0 fully saturated rings. The second kappa shape index (κ2) is 7.34. The van der Waals surface area contributed by atoms with Crippen LogP contribution in [0.1, 0.15) is 11.8 Å². The van der Waals surface area contributed by atoms with Crippen molar-refractivity contribution < 1.29 is 9.66 Å². The number of methoxy groups -OCH3 is 1. The molecule has 2 aromatic heterocycles. The van der Waals surface area contributed by atoms with Crippen molar-refractivity contribution in [2.24, 2.45) is 0 Å². The van der Waals surface area contributed by atoms with Crippen molar-refractivity contribution in [3.8, 4) is 5.88 Å². The van der Waals surface area contributed by atoms with E-state index in [4.69, 9.17) is 4.74 Å². The van der Waals surface area contributed by atoms with E-state index in [9.17, 15) is 10.1 Å². The van der Waals surface area contributed by atoms with E-state index >= 15 is 0 Å². The first kappa shape index (κ1) is 17.1. The molecule has 0 atom stereocenters. The van der Waals surface area contributed by atoms with Gasteiger partial charge in [0, 0.05) is 23.7 Å². The summed E-state index contributed by atoms with van der Waals surface area (Å²) in [4.78, 5) is 22.1. The lowest BCUT2D eigenvalue weighted by Crippen LogP contribution is -2.24. The SMILES string of the molecule is CCN(Cc1cnc(Br)s1)c1nc(OC)c(Br)cc1[N+](=O)[O-]. The third kappa shape index (κ3) is 3.73. The molecule has 0 bridgehead atoms. The van der Waals surface area contributed by atoms with Crippen LogP contribution in [0.5, 0.6) is 5.88 Å². The van der Waals surface area contributed by atoms with Crippen molar-refractivity contribution in [3.63, 3.8) is 0 Å². The average Bonchev–Trinajstić information content (AvgIpc) is 2.90. The molecular formula is C12H12Br2N4O3S. The molecule has 22 heavy (non-hydrogen) atoms. The molecule has 0 aliphatic heterocycles. The molecule has 2 aromatic rings. The van der Waals surface area contributed by atoms with Crippen LogP contribution in [-0.2, 0) is 6.54 Å². The quantitative estimate of drug-likeness (QED) is 0.487. The maximum atomic E-state index is 11.3. The lowest BCUT2D eigenvalue weighted by molar-refractivity contribution is -0.384. The monoisotopic (exact) mass is 450 g/mol. The second-order valence-corrected chi connectivity index (χ2v) is 7.42. The molecule has 118 valence electrons. The molecule has 0 saturated heterocycles. The predicted octanol–water partition coefficient (Wildman–Crippen LogP) is 4.01. The number of ether oxygens (including phenoxy) is 1. The van der Waals surface area contributed by atoms with Crippen LogP contribution >= 0.6 is 43.2 Å². The standard InChI is InChI=1S/C12H12Br2N4O3S/c1-3-17(6-7-5-15-12(14)22-7)10-9(18(19)20)4-8(13)11(16-10)21-2/h4-5H,3,6H2,1-2H3. The summed E-state index contributed by atoms with van der Waals surface area (Å²) in [7, 11) is 1.47. The van der Waals surface area contributed by atoms with Crippen molar-refractivity contribution in [1.29, 1.82) is 0 Å². The van der Waals surface area contributed by atoms with Gasteiger partial charge in [-0.15, -0.1) is 11.3 Å². The summed E-state index contributed by atoms with van der Waals surface area (Å²) in [6.45, 7) is 2.96. The minimum atomic E-state index is -0.447. The van der Waals surface area contributed by atoms with E-state index in [1.165, 1.54) is 24.5 Å². The van der Waals surface area contributed by atoms with Crippen LogP contribution < -0.4 is 9.64 Å². The Bertz CT molecular complexity index is 695. The van der Waals surface area contributed by atoms with Gasteiger partial charge in [-0.25, -0.2) is 4.98 Å². The number of thiazole rings is 1. The Kier molecular flexibility index (Phi) is 5.70. The number of halogens is 2. The fourth-order valence-corrected chi connectivity index (χ4v) is 3.69. The molecule has 2 rings (SSSR count). The minimum absolute atomic E-state index is 0.0712.